The number of pyridine rings is 1. The van der Waals surface area contributed by atoms with Gasteiger partial charge in [-0.05, 0) is 48.8 Å². The van der Waals surface area contributed by atoms with Crippen LogP contribution in [0.3, 0.4) is 0 Å². The van der Waals surface area contributed by atoms with E-state index in [-0.39, 0.29) is 18.5 Å². The highest BCUT2D eigenvalue weighted by atomic mass is 79.9. The predicted octanol–water partition coefficient (Wildman–Crippen LogP) is 2.32. The summed E-state index contributed by atoms with van der Waals surface area (Å²) in [5.41, 5.74) is 0.730. The van der Waals surface area contributed by atoms with Gasteiger partial charge in [-0.2, -0.15) is 0 Å². The van der Waals surface area contributed by atoms with Gasteiger partial charge in [0.05, 0.1) is 24.2 Å². The van der Waals surface area contributed by atoms with Crippen molar-refractivity contribution in [2.75, 3.05) is 17.1 Å². The lowest BCUT2D eigenvalue weighted by Gasteiger charge is -2.10. The second-order valence-corrected chi connectivity index (χ2v) is 6.80. The minimum absolute atomic E-state index is 0.0215. The topological polar surface area (TPSA) is 68.3 Å². The van der Waals surface area contributed by atoms with Crippen LogP contribution in [0.25, 0.3) is 0 Å². The van der Waals surface area contributed by atoms with E-state index >= 15 is 0 Å². The van der Waals surface area contributed by atoms with Gasteiger partial charge in [0.25, 0.3) is 0 Å². The Morgan fingerprint density at radius 1 is 1.44 bits per heavy atom. The standard InChI is InChI=1S/C11H17BrN2O3S/c1-8(2)17-6-7-18(15,16)14-11-5-4-10(12)9(3)13-11/h4-5,8H,6-7H2,1-3H3,(H,13,14). The number of anilines is 1. The lowest BCUT2D eigenvalue weighted by Crippen LogP contribution is -2.22. The summed E-state index contributed by atoms with van der Waals surface area (Å²) in [6.07, 6.45) is 0.0215. The van der Waals surface area contributed by atoms with Gasteiger partial charge in [0, 0.05) is 4.47 Å². The summed E-state index contributed by atoms with van der Waals surface area (Å²) in [5, 5.41) is 0. The minimum atomic E-state index is -3.41. The molecule has 0 aliphatic heterocycles. The number of nitrogens with one attached hydrogen (secondary N) is 1. The molecule has 0 saturated carbocycles. The first-order chi connectivity index (χ1) is 8.30. The maximum atomic E-state index is 11.7. The average Bonchev–Trinajstić information content (AvgIpc) is 2.22. The highest BCUT2D eigenvalue weighted by molar-refractivity contribution is 9.10. The molecule has 0 atom stereocenters. The first kappa shape index (κ1) is 15.4. The van der Waals surface area contributed by atoms with E-state index in [4.69, 9.17) is 4.74 Å². The van der Waals surface area contributed by atoms with Crippen molar-refractivity contribution in [2.45, 2.75) is 26.9 Å². The van der Waals surface area contributed by atoms with Crippen LogP contribution in [0.4, 0.5) is 5.82 Å². The third kappa shape index (κ3) is 5.32. The Morgan fingerprint density at radius 2 is 2.11 bits per heavy atom. The number of aromatic nitrogens is 1. The van der Waals surface area contributed by atoms with Gasteiger partial charge < -0.3 is 4.74 Å². The highest BCUT2D eigenvalue weighted by Gasteiger charge is 2.12. The first-order valence-electron chi connectivity index (χ1n) is 5.55. The molecule has 0 saturated heterocycles. The summed E-state index contributed by atoms with van der Waals surface area (Å²) >= 11 is 3.31. The summed E-state index contributed by atoms with van der Waals surface area (Å²) in [6.45, 7) is 5.69. The Bertz CT molecular complexity index is 503. The van der Waals surface area contributed by atoms with E-state index in [1.807, 2.05) is 13.8 Å². The van der Waals surface area contributed by atoms with Crippen LogP contribution in [0.1, 0.15) is 19.5 Å². The third-order valence-electron chi connectivity index (χ3n) is 2.08. The average molecular weight is 337 g/mol. The van der Waals surface area contributed by atoms with Crippen molar-refractivity contribution in [2.24, 2.45) is 0 Å². The largest absolute Gasteiger partial charge is 0.378 e. The fourth-order valence-electron chi connectivity index (χ4n) is 1.20. The monoisotopic (exact) mass is 336 g/mol. The molecular weight excluding hydrogens is 320 g/mol. The summed E-state index contributed by atoms with van der Waals surface area (Å²) in [6, 6.07) is 3.36. The maximum Gasteiger partial charge on any atom is 0.236 e. The number of halogens is 1. The zero-order valence-electron chi connectivity index (χ0n) is 10.6. The molecular formula is C11H17BrN2O3S. The lowest BCUT2D eigenvalue weighted by atomic mass is 10.4. The molecule has 0 bridgehead atoms. The summed E-state index contributed by atoms with van der Waals surface area (Å²) in [5.74, 6) is 0.238. The van der Waals surface area contributed by atoms with E-state index in [0.29, 0.717) is 5.82 Å². The molecule has 0 radical (unpaired) electrons. The molecule has 7 heteroatoms. The van der Waals surface area contributed by atoms with Crippen LogP contribution in [0.2, 0.25) is 0 Å². The fourth-order valence-corrected chi connectivity index (χ4v) is 2.28. The molecule has 0 spiro atoms. The number of sulfonamides is 1. The van der Waals surface area contributed by atoms with Crippen molar-refractivity contribution in [3.8, 4) is 0 Å². The molecule has 1 heterocycles. The Labute approximate surface area is 116 Å². The van der Waals surface area contributed by atoms with Crippen molar-refractivity contribution >= 4 is 31.8 Å². The van der Waals surface area contributed by atoms with Crippen LogP contribution < -0.4 is 4.72 Å². The summed E-state index contributed by atoms with van der Waals surface area (Å²) in [7, 11) is -3.41. The van der Waals surface area contributed by atoms with Crippen molar-refractivity contribution in [1.29, 1.82) is 0 Å². The van der Waals surface area contributed by atoms with Gasteiger partial charge >= 0.3 is 0 Å². The van der Waals surface area contributed by atoms with Crippen molar-refractivity contribution in [3.63, 3.8) is 0 Å². The van der Waals surface area contributed by atoms with Gasteiger partial charge in [-0.15, -0.1) is 0 Å². The molecule has 0 aromatic carbocycles. The lowest BCUT2D eigenvalue weighted by molar-refractivity contribution is 0.0913. The molecule has 1 aromatic rings. The smallest absolute Gasteiger partial charge is 0.236 e. The van der Waals surface area contributed by atoms with Gasteiger partial charge in [0.1, 0.15) is 5.82 Å². The zero-order chi connectivity index (χ0) is 13.8. The molecule has 0 amide bonds. The van der Waals surface area contributed by atoms with E-state index in [2.05, 4.69) is 25.6 Å². The van der Waals surface area contributed by atoms with E-state index in [1.54, 1.807) is 19.1 Å². The van der Waals surface area contributed by atoms with Gasteiger partial charge in [-0.1, -0.05) is 0 Å². The second-order valence-electron chi connectivity index (χ2n) is 4.10. The van der Waals surface area contributed by atoms with Crippen LogP contribution in [-0.2, 0) is 14.8 Å². The van der Waals surface area contributed by atoms with Crippen molar-refractivity contribution < 1.29 is 13.2 Å². The van der Waals surface area contributed by atoms with E-state index in [0.717, 1.165) is 10.2 Å². The van der Waals surface area contributed by atoms with Gasteiger partial charge in [-0.3, -0.25) is 4.72 Å². The summed E-state index contributed by atoms with van der Waals surface area (Å²) in [4.78, 5) is 4.12. The molecule has 0 aliphatic rings. The number of aryl methyl sites for hydroxylation is 1. The highest BCUT2D eigenvalue weighted by Crippen LogP contribution is 2.16. The number of nitrogens with zero attached hydrogens (tertiary/aromatic N) is 1. The second kappa shape index (κ2) is 6.49. The Kier molecular flexibility index (Phi) is 5.55. The molecule has 1 rings (SSSR count). The van der Waals surface area contributed by atoms with Crippen LogP contribution in [0, 0.1) is 6.92 Å². The molecule has 18 heavy (non-hydrogen) atoms. The van der Waals surface area contributed by atoms with E-state index < -0.39 is 10.0 Å². The Hall–Kier alpha value is -0.660. The molecule has 0 aliphatic carbocycles. The predicted molar refractivity (Wildman–Crippen MR) is 75.2 cm³/mol. The van der Waals surface area contributed by atoms with Crippen molar-refractivity contribution in [1.82, 2.24) is 4.98 Å². The zero-order valence-corrected chi connectivity index (χ0v) is 13.0. The molecule has 0 fully saturated rings. The SMILES string of the molecule is Cc1nc(NS(=O)(=O)CCOC(C)C)ccc1Br. The van der Waals surface area contributed by atoms with Crippen LogP contribution in [-0.4, -0.2) is 31.9 Å². The first-order valence-corrected chi connectivity index (χ1v) is 8.00. The maximum absolute atomic E-state index is 11.7. The van der Waals surface area contributed by atoms with E-state index in [9.17, 15) is 8.42 Å². The molecule has 1 aromatic heterocycles. The van der Waals surface area contributed by atoms with Crippen LogP contribution >= 0.6 is 15.9 Å². The fraction of sp³-hybridized carbons (Fsp3) is 0.545. The Morgan fingerprint density at radius 3 is 2.67 bits per heavy atom. The van der Waals surface area contributed by atoms with Crippen LogP contribution in [0.5, 0.6) is 0 Å². The summed E-state index contributed by atoms with van der Waals surface area (Å²) < 4.78 is 31.9. The number of ether oxygens (including phenoxy) is 1. The van der Waals surface area contributed by atoms with Crippen LogP contribution in [0.15, 0.2) is 16.6 Å². The molecule has 5 nitrogen and oxygen atoms in total. The third-order valence-corrected chi connectivity index (χ3v) is 4.15. The molecule has 0 unspecified atom stereocenters. The normalized spacial score (nSPS) is 11.8. The van der Waals surface area contributed by atoms with Gasteiger partial charge in [0.2, 0.25) is 10.0 Å². The quantitative estimate of drug-likeness (QED) is 0.865. The number of hydrogen-bond donors (Lipinski definition) is 1. The molecule has 1 N–H and O–H groups in total. The Balaban J connectivity index is 2.62. The van der Waals surface area contributed by atoms with Crippen molar-refractivity contribution in [3.05, 3.63) is 22.3 Å². The van der Waals surface area contributed by atoms with Gasteiger partial charge in [0.15, 0.2) is 0 Å². The minimum Gasteiger partial charge on any atom is -0.378 e. The van der Waals surface area contributed by atoms with Gasteiger partial charge in [-0.25, -0.2) is 13.4 Å². The number of rotatable bonds is 6. The molecule has 102 valence electrons. The number of hydrogen-bond acceptors (Lipinski definition) is 4. The van der Waals surface area contributed by atoms with E-state index in [1.165, 1.54) is 0 Å².